The van der Waals surface area contributed by atoms with E-state index in [0.29, 0.717) is 11.7 Å². The summed E-state index contributed by atoms with van der Waals surface area (Å²) in [4.78, 5) is 10.1. The molecule has 55 heavy (non-hydrogen) atoms. The lowest BCUT2D eigenvalue weighted by atomic mass is 10.0. The number of fused-ring (bicyclic) bond motifs is 7. The molecule has 5 nitrogen and oxygen atoms in total. The predicted molar refractivity (Wildman–Crippen MR) is 230 cm³/mol. The van der Waals surface area contributed by atoms with Gasteiger partial charge in [0, 0.05) is 44.4 Å². The molecule has 10 rings (SSSR count). The number of furan rings is 1. The molecule has 0 amide bonds. The maximum atomic E-state index is 6.81. The number of benzene rings is 8. The summed E-state index contributed by atoms with van der Waals surface area (Å²) in [6, 6.07) is 63.1. The summed E-state index contributed by atoms with van der Waals surface area (Å²) in [7, 11) is 0. The number of aliphatic imine (C=N–C) groups is 2. The average molecular weight is 709 g/mol. The summed E-state index contributed by atoms with van der Waals surface area (Å²) in [5, 5.41) is 6.96. The molecule has 0 fully saturated rings. The van der Waals surface area contributed by atoms with E-state index in [4.69, 9.17) is 20.1 Å². The zero-order chi connectivity index (χ0) is 36.9. The van der Waals surface area contributed by atoms with E-state index < -0.39 is 0 Å². The Morgan fingerprint density at radius 2 is 1.15 bits per heavy atom. The molecule has 0 spiro atoms. The molecule has 262 valence electrons. The van der Waals surface area contributed by atoms with Gasteiger partial charge in [-0.2, -0.15) is 0 Å². The van der Waals surface area contributed by atoms with Crippen molar-refractivity contribution in [2.45, 2.75) is 13.0 Å². The highest BCUT2D eigenvalue weighted by Crippen LogP contribution is 2.37. The van der Waals surface area contributed by atoms with Crippen molar-refractivity contribution in [3.05, 3.63) is 199 Å². The highest BCUT2D eigenvalue weighted by Gasteiger charge is 2.17. The van der Waals surface area contributed by atoms with Crippen LogP contribution in [0, 0.1) is 0 Å². The second kappa shape index (κ2) is 13.3. The monoisotopic (exact) mass is 708 g/mol. The van der Waals surface area contributed by atoms with Gasteiger partial charge in [-0.1, -0.05) is 133 Å². The van der Waals surface area contributed by atoms with Crippen LogP contribution in [0.2, 0.25) is 0 Å². The van der Waals surface area contributed by atoms with Crippen LogP contribution in [0.3, 0.4) is 0 Å². The minimum atomic E-state index is -0.123. The van der Waals surface area contributed by atoms with Crippen molar-refractivity contribution in [3.63, 3.8) is 0 Å². The van der Waals surface area contributed by atoms with Crippen LogP contribution in [0.1, 0.15) is 29.7 Å². The van der Waals surface area contributed by atoms with E-state index in [1.165, 1.54) is 21.5 Å². The normalized spacial score (nSPS) is 13.0. The maximum absolute atomic E-state index is 6.81. The van der Waals surface area contributed by atoms with Crippen LogP contribution < -0.4 is 5.73 Å². The molecule has 1 unspecified atom stereocenters. The van der Waals surface area contributed by atoms with Gasteiger partial charge in [-0.15, -0.1) is 0 Å². The number of rotatable bonds is 6. The molecule has 5 heteroatoms. The van der Waals surface area contributed by atoms with Gasteiger partial charge < -0.3 is 14.7 Å². The molecule has 0 radical (unpaired) electrons. The average Bonchev–Trinajstić information content (AvgIpc) is 3.77. The maximum Gasteiger partial charge on any atom is 0.157 e. The second-order valence-electron chi connectivity index (χ2n) is 14.0. The van der Waals surface area contributed by atoms with Crippen LogP contribution in [0.15, 0.2) is 196 Å². The highest BCUT2D eigenvalue weighted by molar-refractivity contribution is 6.15. The van der Waals surface area contributed by atoms with Crippen molar-refractivity contribution in [2.24, 2.45) is 15.7 Å². The van der Waals surface area contributed by atoms with Crippen molar-refractivity contribution in [3.8, 4) is 16.8 Å². The molecule has 0 aliphatic heterocycles. The lowest BCUT2D eigenvalue weighted by Crippen LogP contribution is -2.16. The van der Waals surface area contributed by atoms with Crippen molar-refractivity contribution < 1.29 is 4.42 Å². The Morgan fingerprint density at radius 1 is 0.527 bits per heavy atom. The lowest BCUT2D eigenvalue weighted by Gasteiger charge is -2.11. The minimum absolute atomic E-state index is 0.123. The van der Waals surface area contributed by atoms with Gasteiger partial charge in [0.25, 0.3) is 0 Å². The third-order valence-corrected chi connectivity index (χ3v) is 10.6. The number of hydrogen-bond donors (Lipinski definition) is 1. The van der Waals surface area contributed by atoms with Crippen molar-refractivity contribution in [1.82, 2.24) is 4.57 Å². The fraction of sp³-hybridized carbons (Fsp3) is 0.0400. The van der Waals surface area contributed by atoms with E-state index in [1.54, 1.807) is 0 Å². The van der Waals surface area contributed by atoms with Crippen molar-refractivity contribution in [2.75, 3.05) is 0 Å². The predicted octanol–water partition coefficient (Wildman–Crippen LogP) is 12.4. The van der Waals surface area contributed by atoms with Crippen LogP contribution in [-0.4, -0.2) is 16.2 Å². The van der Waals surface area contributed by atoms with Crippen LogP contribution >= 0.6 is 0 Å². The Hall–Kier alpha value is -7.24. The van der Waals surface area contributed by atoms with Crippen molar-refractivity contribution >= 4 is 66.2 Å². The first-order valence-corrected chi connectivity index (χ1v) is 18.6. The zero-order valence-electron chi connectivity index (χ0n) is 30.2. The number of para-hydroxylation sites is 1. The molecular weight excluding hydrogens is 673 g/mol. The molecule has 0 aliphatic rings. The van der Waals surface area contributed by atoms with Gasteiger partial charge in [0.1, 0.15) is 17.0 Å². The van der Waals surface area contributed by atoms with Gasteiger partial charge >= 0.3 is 0 Å². The summed E-state index contributed by atoms with van der Waals surface area (Å²) >= 11 is 0. The minimum Gasteiger partial charge on any atom is -0.456 e. The number of nitrogens with zero attached hydrogens (tertiary/aromatic N) is 3. The Labute approximate surface area is 318 Å². The SMILES string of the molecule is CC(N=C(N=C(N)c1ccc2c(c1)oc1cc(-n3c4ccccc4c4cc5ccccc5cc43)ccc12)c1ccc(-c2ccccc2)cc1)c1ccccc1. The fourth-order valence-corrected chi connectivity index (χ4v) is 7.78. The van der Waals surface area contributed by atoms with Gasteiger partial charge in [-0.05, 0) is 76.9 Å². The van der Waals surface area contributed by atoms with E-state index >= 15 is 0 Å². The summed E-state index contributed by atoms with van der Waals surface area (Å²) in [6.07, 6.45) is 0. The molecule has 0 bridgehead atoms. The van der Waals surface area contributed by atoms with E-state index in [-0.39, 0.29) is 6.04 Å². The van der Waals surface area contributed by atoms with E-state index in [2.05, 4.69) is 145 Å². The number of amidine groups is 2. The Balaban J connectivity index is 1.04. The van der Waals surface area contributed by atoms with Crippen LogP contribution in [0.25, 0.3) is 71.3 Å². The van der Waals surface area contributed by atoms with Crippen LogP contribution in [-0.2, 0) is 0 Å². The molecule has 2 heterocycles. The van der Waals surface area contributed by atoms with E-state index in [1.807, 2.05) is 48.5 Å². The summed E-state index contributed by atoms with van der Waals surface area (Å²) in [6.45, 7) is 2.08. The quantitative estimate of drug-likeness (QED) is 0.138. The molecular formula is C50H36N4O. The third kappa shape index (κ3) is 5.83. The molecule has 10 aromatic rings. The third-order valence-electron chi connectivity index (χ3n) is 10.6. The molecule has 2 N–H and O–H groups in total. The number of aromatic nitrogens is 1. The number of hydrogen-bond acceptors (Lipinski definition) is 2. The number of nitrogens with two attached hydrogens (primary N) is 1. The topological polar surface area (TPSA) is 68.8 Å². The summed E-state index contributed by atoms with van der Waals surface area (Å²) in [5.41, 5.74) is 16.8. The van der Waals surface area contributed by atoms with Gasteiger partial charge in [0.05, 0.1) is 17.1 Å². The molecule has 0 saturated heterocycles. The largest absolute Gasteiger partial charge is 0.456 e. The summed E-state index contributed by atoms with van der Waals surface area (Å²) < 4.78 is 8.93. The lowest BCUT2D eigenvalue weighted by molar-refractivity contribution is 0.668. The first kappa shape index (κ1) is 32.4. The first-order chi connectivity index (χ1) is 27.1. The summed E-state index contributed by atoms with van der Waals surface area (Å²) in [5.74, 6) is 0.938. The Bertz CT molecular complexity index is 3100. The highest BCUT2D eigenvalue weighted by atomic mass is 16.3. The second-order valence-corrected chi connectivity index (χ2v) is 14.0. The van der Waals surface area contributed by atoms with Crippen LogP contribution in [0.5, 0.6) is 0 Å². The molecule has 1 atom stereocenters. The van der Waals surface area contributed by atoms with Crippen molar-refractivity contribution in [1.29, 1.82) is 0 Å². The molecule has 2 aromatic heterocycles. The van der Waals surface area contributed by atoms with E-state index in [0.717, 1.165) is 66.5 Å². The Morgan fingerprint density at radius 3 is 1.93 bits per heavy atom. The van der Waals surface area contributed by atoms with Gasteiger partial charge in [-0.25, -0.2) is 4.99 Å². The molecule has 8 aromatic carbocycles. The van der Waals surface area contributed by atoms with Gasteiger partial charge in [-0.3, -0.25) is 4.99 Å². The Kier molecular flexibility index (Phi) is 7.85. The van der Waals surface area contributed by atoms with Gasteiger partial charge in [0.15, 0.2) is 5.84 Å². The van der Waals surface area contributed by atoms with Crippen LogP contribution in [0.4, 0.5) is 0 Å². The van der Waals surface area contributed by atoms with Gasteiger partial charge in [0.2, 0.25) is 0 Å². The zero-order valence-corrected chi connectivity index (χ0v) is 30.2. The first-order valence-electron chi connectivity index (χ1n) is 18.6. The van der Waals surface area contributed by atoms with E-state index in [9.17, 15) is 0 Å². The molecule has 0 saturated carbocycles. The fourth-order valence-electron chi connectivity index (χ4n) is 7.78. The molecule has 0 aliphatic carbocycles. The standard InChI is InChI=1S/C50H36N4O/c1-32(33-12-4-2-5-13-33)52-50(36-22-20-35(21-23-36)34-14-6-3-7-15-34)53-49(51)39-24-26-42-43-27-25-40(31-48(43)55-47(42)30-39)54-45-19-11-10-18-41(45)44-28-37-16-8-9-17-38(37)29-46(44)54/h2-32H,1H3,(H2,51,52,53). The smallest absolute Gasteiger partial charge is 0.157 e.